The number of rotatable bonds is 5. The molecule has 11 heteroatoms. The van der Waals surface area contributed by atoms with E-state index in [1.807, 2.05) is 0 Å². The lowest BCUT2D eigenvalue weighted by atomic mass is 10.1. The van der Waals surface area contributed by atoms with Crippen molar-refractivity contribution in [3.05, 3.63) is 67.3 Å². The minimum atomic E-state index is -3.43. The molecular weight excluding hydrogens is 406 g/mol. The zero-order chi connectivity index (χ0) is 21.1. The zero-order valence-electron chi connectivity index (χ0n) is 15.6. The molecule has 2 N–H and O–H groups in total. The molecule has 0 spiro atoms. The van der Waals surface area contributed by atoms with Crippen molar-refractivity contribution < 1.29 is 13.2 Å². The molecule has 0 radical (unpaired) electrons. The van der Waals surface area contributed by atoms with Crippen LogP contribution in [0, 0.1) is 0 Å². The number of pyridine rings is 1. The average Bonchev–Trinajstić information content (AvgIpc) is 2.73. The summed E-state index contributed by atoms with van der Waals surface area (Å²) in [5.41, 5.74) is 2.48. The molecule has 4 rings (SSSR count). The molecule has 150 valence electrons. The Morgan fingerprint density at radius 3 is 2.60 bits per heavy atom. The van der Waals surface area contributed by atoms with Crippen LogP contribution in [-0.2, 0) is 10.0 Å². The normalized spacial score (nSPS) is 11.2. The fraction of sp³-hybridized carbons (Fsp3) is 0.0526. The standard InChI is InChI=1S/C19H15N7O3S/c1-30(28,29)26-13-3-2-12-9-22-18(24-17(12)8-13)19(27)25-16-5-6-20-10-14(16)15-4-7-21-11-23-15/h2-11,26H,1H3,(H,20,25,27). The Kier molecular flexibility index (Phi) is 5.02. The van der Waals surface area contributed by atoms with E-state index in [0.717, 1.165) is 6.26 Å². The lowest BCUT2D eigenvalue weighted by molar-refractivity contribution is 0.101. The van der Waals surface area contributed by atoms with Crippen molar-refractivity contribution in [3.8, 4) is 11.3 Å². The van der Waals surface area contributed by atoms with E-state index in [-0.39, 0.29) is 5.82 Å². The van der Waals surface area contributed by atoms with E-state index in [1.165, 1.54) is 18.6 Å². The Hall–Kier alpha value is -3.99. The first kappa shape index (κ1) is 19.3. The van der Waals surface area contributed by atoms with E-state index in [2.05, 4.69) is 35.0 Å². The highest BCUT2D eigenvalue weighted by atomic mass is 32.2. The number of carbonyl (C=O) groups is 1. The van der Waals surface area contributed by atoms with Crippen molar-refractivity contribution in [2.24, 2.45) is 0 Å². The maximum absolute atomic E-state index is 12.8. The molecule has 1 aromatic carbocycles. The van der Waals surface area contributed by atoms with E-state index >= 15 is 0 Å². The number of fused-ring (bicyclic) bond motifs is 1. The molecule has 0 aliphatic heterocycles. The van der Waals surface area contributed by atoms with Crippen molar-refractivity contribution in [1.82, 2.24) is 24.9 Å². The van der Waals surface area contributed by atoms with Gasteiger partial charge in [0.15, 0.2) is 0 Å². The Morgan fingerprint density at radius 1 is 1.00 bits per heavy atom. The zero-order valence-corrected chi connectivity index (χ0v) is 16.5. The Balaban J connectivity index is 1.64. The molecule has 0 aliphatic rings. The summed E-state index contributed by atoms with van der Waals surface area (Å²) in [5.74, 6) is -0.593. The van der Waals surface area contributed by atoms with Gasteiger partial charge in [-0.3, -0.25) is 14.5 Å². The van der Waals surface area contributed by atoms with Crippen LogP contribution in [0.1, 0.15) is 10.6 Å². The smallest absolute Gasteiger partial charge is 0.293 e. The van der Waals surface area contributed by atoms with Gasteiger partial charge in [0.05, 0.1) is 28.8 Å². The number of hydrogen-bond donors (Lipinski definition) is 2. The summed E-state index contributed by atoms with van der Waals surface area (Å²) < 4.78 is 25.3. The highest BCUT2D eigenvalue weighted by Crippen LogP contribution is 2.25. The molecule has 0 aliphatic carbocycles. The van der Waals surface area contributed by atoms with Crippen LogP contribution in [0.5, 0.6) is 0 Å². The lowest BCUT2D eigenvalue weighted by Gasteiger charge is -2.10. The Morgan fingerprint density at radius 2 is 1.83 bits per heavy atom. The summed E-state index contributed by atoms with van der Waals surface area (Å²) in [6.45, 7) is 0. The summed E-state index contributed by atoms with van der Waals surface area (Å²) >= 11 is 0. The fourth-order valence-electron chi connectivity index (χ4n) is 2.75. The SMILES string of the molecule is CS(=O)(=O)Nc1ccc2cnc(C(=O)Nc3ccncc3-c3ccncn3)nc2c1. The van der Waals surface area contributed by atoms with Crippen LogP contribution in [0.15, 0.2) is 61.4 Å². The van der Waals surface area contributed by atoms with Gasteiger partial charge in [0.2, 0.25) is 15.8 Å². The van der Waals surface area contributed by atoms with Crippen LogP contribution in [0.2, 0.25) is 0 Å². The number of anilines is 2. The summed E-state index contributed by atoms with van der Waals surface area (Å²) in [6, 6.07) is 8.14. The van der Waals surface area contributed by atoms with Crippen LogP contribution in [-0.4, -0.2) is 45.5 Å². The first-order valence-corrected chi connectivity index (χ1v) is 10.5. The van der Waals surface area contributed by atoms with Gasteiger partial charge in [-0.25, -0.2) is 28.4 Å². The number of amides is 1. The second kappa shape index (κ2) is 7.79. The molecule has 3 heterocycles. The summed E-state index contributed by atoms with van der Waals surface area (Å²) in [4.78, 5) is 33.3. The van der Waals surface area contributed by atoms with Crippen LogP contribution in [0.3, 0.4) is 0 Å². The molecule has 0 bridgehead atoms. The molecule has 0 saturated carbocycles. The number of benzene rings is 1. The van der Waals surface area contributed by atoms with E-state index in [0.29, 0.717) is 33.5 Å². The van der Waals surface area contributed by atoms with Crippen molar-refractivity contribution in [3.63, 3.8) is 0 Å². The van der Waals surface area contributed by atoms with Gasteiger partial charge in [0, 0.05) is 35.7 Å². The maximum Gasteiger partial charge on any atom is 0.293 e. The Bertz CT molecular complexity index is 1340. The highest BCUT2D eigenvalue weighted by Gasteiger charge is 2.14. The largest absolute Gasteiger partial charge is 0.319 e. The predicted octanol–water partition coefficient (Wildman–Crippen LogP) is 2.11. The van der Waals surface area contributed by atoms with Gasteiger partial charge < -0.3 is 5.32 Å². The summed E-state index contributed by atoms with van der Waals surface area (Å²) in [5, 5.41) is 3.43. The molecule has 30 heavy (non-hydrogen) atoms. The number of sulfonamides is 1. The molecule has 0 atom stereocenters. The third kappa shape index (κ3) is 4.36. The van der Waals surface area contributed by atoms with Crippen molar-refractivity contribution >= 4 is 38.2 Å². The van der Waals surface area contributed by atoms with E-state index < -0.39 is 15.9 Å². The van der Waals surface area contributed by atoms with Gasteiger partial charge >= 0.3 is 0 Å². The topological polar surface area (TPSA) is 140 Å². The van der Waals surface area contributed by atoms with E-state index in [4.69, 9.17) is 0 Å². The molecule has 0 unspecified atom stereocenters. The van der Waals surface area contributed by atoms with E-state index in [9.17, 15) is 13.2 Å². The fourth-order valence-corrected chi connectivity index (χ4v) is 3.30. The molecule has 4 aromatic rings. The van der Waals surface area contributed by atoms with Crippen molar-refractivity contribution in [1.29, 1.82) is 0 Å². The Labute approximate surface area is 171 Å². The third-order valence-corrected chi connectivity index (χ3v) is 4.62. The number of carbonyl (C=O) groups excluding carboxylic acids is 1. The molecule has 3 aromatic heterocycles. The minimum Gasteiger partial charge on any atom is -0.319 e. The third-order valence-electron chi connectivity index (χ3n) is 4.02. The minimum absolute atomic E-state index is 0.0653. The number of aromatic nitrogens is 5. The van der Waals surface area contributed by atoms with Crippen LogP contribution in [0.25, 0.3) is 22.2 Å². The second-order valence-corrected chi connectivity index (χ2v) is 8.06. The second-order valence-electron chi connectivity index (χ2n) is 6.31. The molecule has 1 amide bonds. The molecule has 0 saturated heterocycles. The van der Waals surface area contributed by atoms with Crippen LogP contribution >= 0.6 is 0 Å². The van der Waals surface area contributed by atoms with Crippen LogP contribution in [0.4, 0.5) is 11.4 Å². The summed E-state index contributed by atoms with van der Waals surface area (Å²) in [7, 11) is -3.43. The van der Waals surface area contributed by atoms with Gasteiger partial charge in [-0.15, -0.1) is 0 Å². The number of nitrogens with zero attached hydrogens (tertiary/aromatic N) is 5. The molecular formula is C19H15N7O3S. The van der Waals surface area contributed by atoms with Gasteiger partial charge in [-0.2, -0.15) is 0 Å². The lowest BCUT2D eigenvalue weighted by Crippen LogP contribution is -2.16. The summed E-state index contributed by atoms with van der Waals surface area (Å²) in [6.07, 6.45) is 8.68. The first-order valence-electron chi connectivity index (χ1n) is 8.65. The molecule has 0 fully saturated rings. The van der Waals surface area contributed by atoms with Gasteiger partial charge in [-0.1, -0.05) is 0 Å². The highest BCUT2D eigenvalue weighted by molar-refractivity contribution is 7.92. The first-order chi connectivity index (χ1) is 14.4. The monoisotopic (exact) mass is 421 g/mol. The average molecular weight is 421 g/mol. The van der Waals surface area contributed by atoms with Crippen molar-refractivity contribution in [2.45, 2.75) is 0 Å². The van der Waals surface area contributed by atoms with Crippen molar-refractivity contribution in [2.75, 3.05) is 16.3 Å². The molecule has 10 nitrogen and oxygen atoms in total. The van der Waals surface area contributed by atoms with Gasteiger partial charge in [0.25, 0.3) is 5.91 Å². The maximum atomic E-state index is 12.8. The van der Waals surface area contributed by atoms with E-state index in [1.54, 1.807) is 42.9 Å². The van der Waals surface area contributed by atoms with Gasteiger partial charge in [-0.05, 0) is 30.3 Å². The van der Waals surface area contributed by atoms with Crippen LogP contribution < -0.4 is 10.0 Å². The van der Waals surface area contributed by atoms with Gasteiger partial charge in [0.1, 0.15) is 6.33 Å². The quantitative estimate of drug-likeness (QED) is 0.499. The predicted molar refractivity (Wildman–Crippen MR) is 111 cm³/mol. The number of hydrogen-bond acceptors (Lipinski definition) is 8. The number of nitrogens with one attached hydrogen (secondary N) is 2.